The van der Waals surface area contributed by atoms with Gasteiger partial charge in [0.05, 0.1) is 0 Å². The summed E-state index contributed by atoms with van der Waals surface area (Å²) in [6, 6.07) is 26.7. The molecule has 0 N–H and O–H groups in total. The molecule has 144 valence electrons. The maximum absolute atomic E-state index is 13.6. The maximum Gasteiger partial charge on any atom is 0.255 e. The Hall–Kier alpha value is -3.53. The van der Waals surface area contributed by atoms with Crippen molar-refractivity contribution in [3.63, 3.8) is 0 Å². The third kappa shape index (κ3) is 2.56. The van der Waals surface area contributed by atoms with Crippen LogP contribution < -0.4 is 0 Å². The van der Waals surface area contributed by atoms with Crippen molar-refractivity contribution in [2.45, 2.75) is 24.9 Å². The van der Waals surface area contributed by atoms with E-state index in [1.165, 1.54) is 11.8 Å². The van der Waals surface area contributed by atoms with E-state index in [0.29, 0.717) is 16.7 Å². The lowest BCUT2D eigenvalue weighted by Crippen LogP contribution is -2.34. The average molecular weight is 383 g/mol. The van der Waals surface area contributed by atoms with Crippen molar-refractivity contribution in [2.75, 3.05) is 0 Å². The van der Waals surface area contributed by atoms with E-state index >= 15 is 0 Å². The van der Waals surface area contributed by atoms with Crippen LogP contribution in [0.25, 0.3) is 0 Å². The molecule has 0 spiro atoms. The van der Waals surface area contributed by atoms with Crippen LogP contribution in [0.5, 0.6) is 0 Å². The van der Waals surface area contributed by atoms with E-state index in [1.807, 2.05) is 30.3 Å². The normalized spacial score (nSPS) is 22.8. The first-order valence-electron chi connectivity index (χ1n) is 9.52. The van der Waals surface area contributed by atoms with Crippen LogP contribution in [0.2, 0.25) is 0 Å². The van der Waals surface area contributed by atoms with Crippen molar-refractivity contribution >= 4 is 17.5 Å². The standard InChI is InChI=1S/C25H21NO3/c1-18(27)25(21-16-10-5-11-17-21)24(2,22(28)19-12-6-3-7-13-19)26(25)23(29)20-14-8-4-9-15-20/h3-17H,1-2H3/t24-,25+,26?/m1/s1. The summed E-state index contributed by atoms with van der Waals surface area (Å²) in [5, 5.41) is 0. The van der Waals surface area contributed by atoms with Gasteiger partial charge in [-0.2, -0.15) is 0 Å². The molecule has 1 saturated heterocycles. The molecule has 0 radical (unpaired) electrons. The molecule has 1 aliphatic heterocycles. The number of Topliss-reactive ketones (excluding diaryl/α,β-unsaturated/α-hetero) is 2. The zero-order chi connectivity index (χ0) is 20.6. The quantitative estimate of drug-likeness (QED) is 0.488. The van der Waals surface area contributed by atoms with E-state index in [1.54, 1.807) is 67.6 Å². The fourth-order valence-corrected chi connectivity index (χ4v) is 4.47. The van der Waals surface area contributed by atoms with E-state index in [9.17, 15) is 14.4 Å². The van der Waals surface area contributed by atoms with Crippen molar-refractivity contribution in [3.05, 3.63) is 108 Å². The number of hydrogen-bond donors (Lipinski definition) is 0. The number of hydrogen-bond acceptors (Lipinski definition) is 3. The first-order chi connectivity index (χ1) is 14.0. The van der Waals surface area contributed by atoms with Gasteiger partial charge in [0.2, 0.25) is 0 Å². The number of rotatable bonds is 5. The van der Waals surface area contributed by atoms with Crippen LogP contribution in [0.1, 0.15) is 40.1 Å². The number of carbonyl (C=O) groups excluding carboxylic acids is 3. The molecule has 1 amide bonds. The summed E-state index contributed by atoms with van der Waals surface area (Å²) >= 11 is 0. The first-order valence-corrected chi connectivity index (χ1v) is 9.52. The second-order valence-electron chi connectivity index (χ2n) is 7.41. The van der Waals surface area contributed by atoms with Gasteiger partial charge in [-0.05, 0) is 31.5 Å². The summed E-state index contributed by atoms with van der Waals surface area (Å²) in [5.41, 5.74) is -1.09. The highest BCUT2D eigenvalue weighted by Gasteiger charge is 2.81. The minimum Gasteiger partial charge on any atom is -0.303 e. The molecular formula is C25H21NO3. The number of ketones is 2. The molecule has 0 bridgehead atoms. The summed E-state index contributed by atoms with van der Waals surface area (Å²) in [7, 11) is 0. The van der Waals surface area contributed by atoms with E-state index < -0.39 is 11.1 Å². The lowest BCUT2D eigenvalue weighted by molar-refractivity contribution is -0.120. The molecule has 0 unspecified atom stereocenters. The Morgan fingerprint density at radius 3 is 1.62 bits per heavy atom. The molecule has 1 fully saturated rings. The van der Waals surface area contributed by atoms with Gasteiger partial charge in [-0.15, -0.1) is 0 Å². The Morgan fingerprint density at radius 1 is 0.690 bits per heavy atom. The molecule has 29 heavy (non-hydrogen) atoms. The van der Waals surface area contributed by atoms with Gasteiger partial charge in [0.25, 0.3) is 5.91 Å². The molecule has 3 aromatic carbocycles. The molecular weight excluding hydrogens is 362 g/mol. The van der Waals surface area contributed by atoms with Gasteiger partial charge in [-0.3, -0.25) is 14.4 Å². The van der Waals surface area contributed by atoms with Crippen LogP contribution >= 0.6 is 0 Å². The SMILES string of the molecule is CC(=O)[C@@]1(c2ccccc2)N(C(=O)c2ccccc2)[C@]1(C)C(=O)c1ccccc1. The lowest BCUT2D eigenvalue weighted by atomic mass is 9.80. The molecule has 1 aliphatic rings. The van der Waals surface area contributed by atoms with Gasteiger partial charge in [0, 0.05) is 11.1 Å². The summed E-state index contributed by atoms with van der Waals surface area (Å²) in [4.78, 5) is 41.6. The van der Waals surface area contributed by atoms with Crippen molar-refractivity contribution in [3.8, 4) is 0 Å². The van der Waals surface area contributed by atoms with E-state index in [0.717, 1.165) is 0 Å². The van der Waals surface area contributed by atoms with Gasteiger partial charge in [-0.25, -0.2) is 0 Å². The molecule has 1 heterocycles. The summed E-state index contributed by atoms with van der Waals surface area (Å²) < 4.78 is 0. The van der Waals surface area contributed by atoms with Crippen LogP contribution in [-0.2, 0) is 10.3 Å². The molecule has 3 aromatic rings. The highest BCUT2D eigenvalue weighted by Crippen LogP contribution is 2.61. The molecule has 0 aliphatic carbocycles. The van der Waals surface area contributed by atoms with Gasteiger partial charge >= 0.3 is 0 Å². The molecule has 0 saturated carbocycles. The van der Waals surface area contributed by atoms with E-state index in [2.05, 4.69) is 0 Å². The van der Waals surface area contributed by atoms with Gasteiger partial charge in [0.15, 0.2) is 17.1 Å². The van der Waals surface area contributed by atoms with Crippen LogP contribution in [0.4, 0.5) is 0 Å². The Balaban J connectivity index is 1.92. The van der Waals surface area contributed by atoms with Crippen LogP contribution in [0, 0.1) is 0 Å². The van der Waals surface area contributed by atoms with Crippen molar-refractivity contribution < 1.29 is 14.4 Å². The first kappa shape index (κ1) is 18.8. The Kier molecular flexibility index (Phi) is 4.42. The number of nitrogens with zero attached hydrogens (tertiary/aromatic N) is 1. The van der Waals surface area contributed by atoms with Gasteiger partial charge < -0.3 is 4.90 Å². The summed E-state index contributed by atoms with van der Waals surface area (Å²) in [6.07, 6.45) is 0. The topological polar surface area (TPSA) is 54.2 Å². The number of amides is 1. The maximum atomic E-state index is 13.6. The van der Waals surface area contributed by atoms with Gasteiger partial charge in [0.1, 0.15) is 5.54 Å². The predicted molar refractivity (Wildman–Crippen MR) is 111 cm³/mol. The highest BCUT2D eigenvalue weighted by atomic mass is 16.2. The highest BCUT2D eigenvalue weighted by molar-refractivity contribution is 6.19. The van der Waals surface area contributed by atoms with Crippen LogP contribution in [0.15, 0.2) is 91.0 Å². The van der Waals surface area contributed by atoms with Gasteiger partial charge in [-0.1, -0.05) is 78.9 Å². The smallest absolute Gasteiger partial charge is 0.255 e. The minimum atomic E-state index is -1.34. The Bertz CT molecular complexity index is 1080. The second kappa shape index (κ2) is 6.82. The largest absolute Gasteiger partial charge is 0.303 e. The van der Waals surface area contributed by atoms with Crippen molar-refractivity contribution in [2.24, 2.45) is 0 Å². The second-order valence-corrected chi connectivity index (χ2v) is 7.41. The Labute approximate surface area is 169 Å². The predicted octanol–water partition coefficient (Wildman–Crippen LogP) is 4.27. The van der Waals surface area contributed by atoms with Crippen LogP contribution in [0.3, 0.4) is 0 Å². The minimum absolute atomic E-state index is 0.236. The molecule has 4 nitrogen and oxygen atoms in total. The van der Waals surface area contributed by atoms with Crippen molar-refractivity contribution in [1.82, 2.24) is 4.90 Å². The molecule has 4 rings (SSSR count). The van der Waals surface area contributed by atoms with E-state index in [-0.39, 0.29) is 17.5 Å². The Morgan fingerprint density at radius 2 is 1.14 bits per heavy atom. The molecule has 2 atom stereocenters. The lowest BCUT2D eigenvalue weighted by Gasteiger charge is -2.16. The molecule has 0 aromatic heterocycles. The fourth-order valence-electron chi connectivity index (χ4n) is 4.47. The zero-order valence-electron chi connectivity index (χ0n) is 16.3. The number of carbonyl (C=O) groups is 3. The van der Waals surface area contributed by atoms with Crippen molar-refractivity contribution in [1.29, 1.82) is 0 Å². The zero-order valence-corrected chi connectivity index (χ0v) is 16.3. The fraction of sp³-hybridized carbons (Fsp3) is 0.160. The third-order valence-corrected chi connectivity index (χ3v) is 5.84. The van der Waals surface area contributed by atoms with Crippen LogP contribution in [-0.4, -0.2) is 27.9 Å². The molecule has 4 heteroatoms. The monoisotopic (exact) mass is 383 g/mol. The third-order valence-electron chi connectivity index (χ3n) is 5.84. The van der Waals surface area contributed by atoms with E-state index in [4.69, 9.17) is 0 Å². The summed E-state index contributed by atoms with van der Waals surface area (Å²) in [5.74, 6) is -0.822. The number of benzene rings is 3. The summed E-state index contributed by atoms with van der Waals surface area (Å²) in [6.45, 7) is 3.14. The average Bonchev–Trinajstić information content (AvgIpc) is 3.36.